The first-order valence-electron chi connectivity index (χ1n) is 4.28. The molecule has 1 aromatic rings. The smallest absolute Gasteiger partial charge is 0.0803 e. The van der Waals surface area contributed by atoms with Gasteiger partial charge in [-0.2, -0.15) is 0 Å². The summed E-state index contributed by atoms with van der Waals surface area (Å²) in [5.41, 5.74) is 1.16. The van der Waals surface area contributed by atoms with Gasteiger partial charge in [0.2, 0.25) is 0 Å². The molecular formula is C8H15N3S. The molecule has 3 nitrogen and oxygen atoms in total. The summed E-state index contributed by atoms with van der Waals surface area (Å²) >= 11 is 1.50. The third kappa shape index (κ3) is 2.01. The van der Waals surface area contributed by atoms with E-state index >= 15 is 0 Å². The zero-order valence-corrected chi connectivity index (χ0v) is 8.61. The molecule has 1 heterocycles. The fourth-order valence-electron chi connectivity index (χ4n) is 1.09. The van der Waals surface area contributed by atoms with Gasteiger partial charge in [0.25, 0.3) is 0 Å². The van der Waals surface area contributed by atoms with Gasteiger partial charge in [-0.15, -0.1) is 5.10 Å². The molecule has 0 saturated carbocycles. The van der Waals surface area contributed by atoms with Crippen LogP contribution in [0.5, 0.6) is 0 Å². The molecule has 0 fully saturated rings. The summed E-state index contributed by atoms with van der Waals surface area (Å²) < 4.78 is 3.96. The van der Waals surface area contributed by atoms with Crippen molar-refractivity contribution in [3.05, 3.63) is 10.6 Å². The minimum atomic E-state index is 0.381. The Kier molecular flexibility index (Phi) is 3.62. The second kappa shape index (κ2) is 4.52. The van der Waals surface area contributed by atoms with E-state index in [0.717, 1.165) is 18.5 Å². The molecule has 0 radical (unpaired) electrons. The first-order chi connectivity index (χ1) is 5.79. The highest BCUT2D eigenvalue weighted by Crippen LogP contribution is 2.20. The van der Waals surface area contributed by atoms with Gasteiger partial charge in [0.15, 0.2) is 0 Å². The zero-order valence-electron chi connectivity index (χ0n) is 7.79. The zero-order chi connectivity index (χ0) is 8.97. The number of aromatic nitrogens is 2. The van der Waals surface area contributed by atoms with Gasteiger partial charge in [0.1, 0.15) is 0 Å². The number of hydrogen-bond acceptors (Lipinski definition) is 4. The van der Waals surface area contributed by atoms with E-state index in [9.17, 15) is 0 Å². The number of rotatable bonds is 4. The molecule has 1 N–H and O–H groups in total. The maximum Gasteiger partial charge on any atom is 0.0803 e. The quantitative estimate of drug-likeness (QED) is 0.777. The van der Waals surface area contributed by atoms with Crippen LogP contribution in [0.15, 0.2) is 0 Å². The molecule has 1 aromatic heterocycles. The molecule has 0 aliphatic rings. The van der Waals surface area contributed by atoms with Crippen LogP contribution in [0.25, 0.3) is 0 Å². The van der Waals surface area contributed by atoms with Gasteiger partial charge in [0.05, 0.1) is 10.6 Å². The fraction of sp³-hybridized carbons (Fsp3) is 0.750. The molecule has 0 spiro atoms. The SMILES string of the molecule is CCCc1nnsc1C(C)NC. The predicted molar refractivity (Wildman–Crippen MR) is 51.4 cm³/mol. The second-order valence-corrected chi connectivity index (χ2v) is 3.63. The lowest BCUT2D eigenvalue weighted by Gasteiger charge is -2.07. The summed E-state index contributed by atoms with van der Waals surface area (Å²) in [4.78, 5) is 1.28. The van der Waals surface area contributed by atoms with Crippen LogP contribution in [0, 0.1) is 0 Å². The summed E-state index contributed by atoms with van der Waals surface area (Å²) in [5, 5.41) is 7.30. The van der Waals surface area contributed by atoms with Gasteiger partial charge in [-0.25, -0.2) is 0 Å². The Bertz CT molecular complexity index is 234. The first kappa shape index (κ1) is 9.61. The van der Waals surface area contributed by atoms with E-state index in [-0.39, 0.29) is 0 Å². The average molecular weight is 185 g/mol. The van der Waals surface area contributed by atoms with E-state index in [2.05, 4.69) is 28.8 Å². The molecule has 1 atom stereocenters. The van der Waals surface area contributed by atoms with Gasteiger partial charge in [-0.3, -0.25) is 0 Å². The van der Waals surface area contributed by atoms with Crippen molar-refractivity contribution in [1.82, 2.24) is 14.9 Å². The van der Waals surface area contributed by atoms with Crippen molar-refractivity contribution >= 4 is 11.5 Å². The van der Waals surface area contributed by atoms with Crippen molar-refractivity contribution in [2.24, 2.45) is 0 Å². The lowest BCUT2D eigenvalue weighted by molar-refractivity contribution is 0.651. The van der Waals surface area contributed by atoms with Gasteiger partial charge in [0, 0.05) is 6.04 Å². The van der Waals surface area contributed by atoms with Gasteiger partial charge in [-0.05, 0) is 31.9 Å². The highest BCUT2D eigenvalue weighted by molar-refractivity contribution is 7.05. The number of aryl methyl sites for hydroxylation is 1. The molecule has 1 unspecified atom stereocenters. The van der Waals surface area contributed by atoms with Crippen molar-refractivity contribution in [3.8, 4) is 0 Å². The molecule has 0 aliphatic carbocycles. The lowest BCUT2D eigenvalue weighted by Crippen LogP contribution is -2.12. The standard InChI is InChI=1S/C8H15N3S/c1-4-5-7-8(6(2)9-3)12-11-10-7/h6,9H,4-5H2,1-3H3. The Morgan fingerprint density at radius 1 is 1.58 bits per heavy atom. The highest BCUT2D eigenvalue weighted by Gasteiger charge is 2.11. The summed E-state index contributed by atoms with van der Waals surface area (Å²) in [6.45, 7) is 4.29. The van der Waals surface area contributed by atoms with Crippen molar-refractivity contribution in [1.29, 1.82) is 0 Å². The predicted octanol–water partition coefficient (Wildman–Crippen LogP) is 1.77. The van der Waals surface area contributed by atoms with Crippen LogP contribution in [0.3, 0.4) is 0 Å². The molecule has 4 heteroatoms. The first-order valence-corrected chi connectivity index (χ1v) is 5.05. The summed E-state index contributed by atoms with van der Waals surface area (Å²) in [6, 6.07) is 0.381. The molecule has 0 saturated heterocycles. The normalized spacial score (nSPS) is 13.2. The van der Waals surface area contributed by atoms with Crippen LogP contribution in [0.1, 0.15) is 36.9 Å². The van der Waals surface area contributed by atoms with Crippen LogP contribution < -0.4 is 5.32 Å². The van der Waals surface area contributed by atoms with Crippen LogP contribution in [0.2, 0.25) is 0 Å². The van der Waals surface area contributed by atoms with Crippen molar-refractivity contribution in [2.45, 2.75) is 32.7 Å². The summed E-state index contributed by atoms with van der Waals surface area (Å²) in [5.74, 6) is 0. The molecular weight excluding hydrogens is 170 g/mol. The third-order valence-electron chi connectivity index (χ3n) is 1.90. The van der Waals surface area contributed by atoms with Gasteiger partial charge >= 0.3 is 0 Å². The molecule has 0 amide bonds. The average Bonchev–Trinajstić information content (AvgIpc) is 2.52. The maximum absolute atomic E-state index is 4.10. The summed E-state index contributed by atoms with van der Waals surface area (Å²) in [7, 11) is 1.96. The second-order valence-electron chi connectivity index (χ2n) is 2.84. The molecule has 0 aromatic carbocycles. The Morgan fingerprint density at radius 2 is 2.33 bits per heavy atom. The Morgan fingerprint density at radius 3 is 2.92 bits per heavy atom. The Hall–Kier alpha value is -0.480. The van der Waals surface area contributed by atoms with Crippen molar-refractivity contribution in [3.63, 3.8) is 0 Å². The van der Waals surface area contributed by atoms with E-state index in [1.807, 2.05) is 7.05 Å². The third-order valence-corrected chi connectivity index (χ3v) is 2.85. The van der Waals surface area contributed by atoms with Crippen molar-refractivity contribution < 1.29 is 0 Å². The molecule has 12 heavy (non-hydrogen) atoms. The Balaban J connectivity index is 2.76. The van der Waals surface area contributed by atoms with E-state index < -0.39 is 0 Å². The van der Waals surface area contributed by atoms with Crippen LogP contribution in [-0.2, 0) is 6.42 Å². The van der Waals surface area contributed by atoms with Crippen LogP contribution in [0.4, 0.5) is 0 Å². The lowest BCUT2D eigenvalue weighted by atomic mass is 10.2. The van der Waals surface area contributed by atoms with E-state index in [0.29, 0.717) is 6.04 Å². The van der Waals surface area contributed by atoms with Crippen LogP contribution in [-0.4, -0.2) is 16.6 Å². The highest BCUT2D eigenvalue weighted by atomic mass is 32.1. The van der Waals surface area contributed by atoms with Gasteiger partial charge in [-0.1, -0.05) is 17.8 Å². The number of nitrogens with one attached hydrogen (secondary N) is 1. The minimum absolute atomic E-state index is 0.381. The van der Waals surface area contributed by atoms with E-state index in [1.54, 1.807) is 0 Å². The molecule has 0 bridgehead atoms. The fourth-order valence-corrected chi connectivity index (χ4v) is 1.84. The largest absolute Gasteiger partial charge is 0.312 e. The monoisotopic (exact) mass is 185 g/mol. The molecule has 1 rings (SSSR count). The van der Waals surface area contributed by atoms with E-state index in [1.165, 1.54) is 16.4 Å². The number of hydrogen-bond donors (Lipinski definition) is 1. The summed E-state index contributed by atoms with van der Waals surface area (Å²) in [6.07, 6.45) is 2.17. The topological polar surface area (TPSA) is 37.8 Å². The van der Waals surface area contributed by atoms with E-state index in [4.69, 9.17) is 0 Å². The minimum Gasteiger partial charge on any atom is -0.312 e. The maximum atomic E-state index is 4.10. The van der Waals surface area contributed by atoms with Gasteiger partial charge < -0.3 is 5.32 Å². The number of nitrogens with zero attached hydrogens (tertiary/aromatic N) is 2. The molecule has 0 aliphatic heterocycles. The molecule has 68 valence electrons. The Labute approximate surface area is 77.4 Å². The van der Waals surface area contributed by atoms with Crippen LogP contribution >= 0.6 is 11.5 Å². The van der Waals surface area contributed by atoms with Crippen molar-refractivity contribution in [2.75, 3.05) is 7.05 Å².